The molecule has 0 unspecified atom stereocenters. The number of benzene rings is 1. The normalized spacial score (nSPS) is 10.2. The molecule has 3 heteroatoms. The van der Waals surface area contributed by atoms with Crippen LogP contribution >= 0.6 is 0 Å². The molecule has 2 rings (SSSR count). The van der Waals surface area contributed by atoms with E-state index in [1.807, 2.05) is 24.3 Å². The molecule has 0 aliphatic carbocycles. The van der Waals surface area contributed by atoms with Gasteiger partial charge in [-0.1, -0.05) is 0 Å². The summed E-state index contributed by atoms with van der Waals surface area (Å²) in [4.78, 5) is 15.3. The third-order valence-corrected chi connectivity index (χ3v) is 2.33. The van der Waals surface area contributed by atoms with Crippen molar-refractivity contribution in [2.45, 2.75) is 0 Å². The predicted octanol–water partition coefficient (Wildman–Crippen LogP) is 1.54. The van der Waals surface area contributed by atoms with Gasteiger partial charge in [-0.3, -0.25) is 0 Å². The van der Waals surface area contributed by atoms with Crippen molar-refractivity contribution in [3.8, 4) is 0 Å². The fourth-order valence-electron chi connectivity index (χ4n) is 1.28. The summed E-state index contributed by atoms with van der Waals surface area (Å²) in [5.74, 6) is 0. The van der Waals surface area contributed by atoms with Gasteiger partial charge < -0.3 is 0 Å². The molecular formula is C10H6NOSe. The summed E-state index contributed by atoms with van der Waals surface area (Å²) in [5.41, 5.74) is 1.54. The fourth-order valence-corrected chi connectivity index (χ4v) is 1.65. The van der Waals surface area contributed by atoms with Crippen molar-refractivity contribution in [3.05, 3.63) is 42.1 Å². The molecule has 1 aromatic heterocycles. The molecule has 1 heterocycles. The molecule has 0 atom stereocenters. The average molecular weight is 235 g/mol. The molecule has 2 nitrogen and oxygen atoms in total. The van der Waals surface area contributed by atoms with Crippen LogP contribution in [0.2, 0.25) is 0 Å². The summed E-state index contributed by atoms with van der Waals surface area (Å²) in [7, 11) is 0. The first kappa shape index (κ1) is 8.42. The van der Waals surface area contributed by atoms with E-state index in [1.165, 1.54) is 0 Å². The first-order valence-corrected chi connectivity index (χ1v) is 4.70. The first-order valence-electron chi connectivity index (χ1n) is 3.84. The second-order valence-corrected chi connectivity index (χ2v) is 3.44. The number of hydrogen-bond donors (Lipinski definition) is 0. The minimum atomic E-state index is -0.0430. The fraction of sp³-hybridized carbons (Fsp3) is 0. The Morgan fingerprint density at radius 1 is 1.23 bits per heavy atom. The van der Waals surface area contributed by atoms with E-state index in [0.29, 0.717) is 5.56 Å². The van der Waals surface area contributed by atoms with Crippen molar-refractivity contribution >= 4 is 31.6 Å². The first-order chi connectivity index (χ1) is 6.29. The van der Waals surface area contributed by atoms with Crippen molar-refractivity contribution in [1.29, 1.82) is 0 Å². The van der Waals surface area contributed by atoms with Gasteiger partial charge in [0.05, 0.1) is 0 Å². The summed E-state index contributed by atoms with van der Waals surface area (Å²) in [6.07, 6.45) is 1.72. The summed E-state index contributed by atoms with van der Waals surface area (Å²) >= 11 is 2.48. The van der Waals surface area contributed by atoms with E-state index >= 15 is 0 Å². The van der Waals surface area contributed by atoms with Crippen LogP contribution < -0.4 is 0 Å². The van der Waals surface area contributed by atoms with Crippen molar-refractivity contribution in [1.82, 2.24) is 4.98 Å². The zero-order valence-electron chi connectivity index (χ0n) is 6.73. The Balaban J connectivity index is 2.83. The van der Waals surface area contributed by atoms with Crippen molar-refractivity contribution in [2.24, 2.45) is 0 Å². The Bertz CT molecular complexity index is 462. The van der Waals surface area contributed by atoms with Gasteiger partial charge in [0, 0.05) is 0 Å². The van der Waals surface area contributed by atoms with Crippen LogP contribution in [-0.4, -0.2) is 25.7 Å². The number of carbonyl (C=O) groups excluding carboxylic acids is 1. The molecule has 0 saturated heterocycles. The van der Waals surface area contributed by atoms with Crippen LogP contribution in [0.3, 0.4) is 0 Å². The molecule has 1 aromatic carbocycles. The maximum atomic E-state index is 11.2. The molecule has 2 aromatic rings. The number of rotatable bonds is 1. The third-order valence-electron chi connectivity index (χ3n) is 1.87. The van der Waals surface area contributed by atoms with Crippen LogP contribution in [0.25, 0.3) is 10.9 Å². The van der Waals surface area contributed by atoms with E-state index in [4.69, 9.17) is 0 Å². The van der Waals surface area contributed by atoms with Crippen LogP contribution in [0.1, 0.15) is 10.4 Å². The van der Waals surface area contributed by atoms with E-state index in [2.05, 4.69) is 21.0 Å². The number of aromatic nitrogens is 1. The number of hydrogen-bond acceptors (Lipinski definition) is 2. The summed E-state index contributed by atoms with van der Waals surface area (Å²) in [6, 6.07) is 9.24. The van der Waals surface area contributed by atoms with Gasteiger partial charge in [-0.15, -0.1) is 0 Å². The van der Waals surface area contributed by atoms with Gasteiger partial charge in [0.2, 0.25) is 0 Å². The van der Waals surface area contributed by atoms with E-state index < -0.39 is 0 Å². The number of fused-ring (bicyclic) bond motifs is 1. The zero-order chi connectivity index (χ0) is 9.26. The molecule has 63 valence electrons. The standard InChI is InChI=1S/C10H6NOSe/c12-10(13)8-3-1-5-9-7(8)4-2-6-11-9/h1-6H. The Morgan fingerprint density at radius 3 is 2.85 bits per heavy atom. The number of carbonyl (C=O) groups is 1. The van der Waals surface area contributed by atoms with Crippen LogP contribution in [-0.2, 0) is 0 Å². The van der Waals surface area contributed by atoms with Crippen LogP contribution in [0, 0.1) is 0 Å². The van der Waals surface area contributed by atoms with Crippen molar-refractivity contribution in [2.75, 3.05) is 0 Å². The third kappa shape index (κ3) is 1.48. The molecule has 0 spiro atoms. The van der Waals surface area contributed by atoms with Crippen LogP contribution in [0.15, 0.2) is 36.5 Å². The summed E-state index contributed by atoms with van der Waals surface area (Å²) in [5, 5.41) is 0.897. The van der Waals surface area contributed by atoms with Crippen LogP contribution in [0.4, 0.5) is 0 Å². The van der Waals surface area contributed by atoms with Gasteiger partial charge in [-0.25, -0.2) is 0 Å². The van der Waals surface area contributed by atoms with Gasteiger partial charge in [0.1, 0.15) is 0 Å². The number of nitrogens with zero attached hydrogens (tertiary/aromatic N) is 1. The molecule has 0 bridgehead atoms. The monoisotopic (exact) mass is 236 g/mol. The Morgan fingerprint density at radius 2 is 2.08 bits per heavy atom. The van der Waals surface area contributed by atoms with E-state index in [-0.39, 0.29) is 4.68 Å². The van der Waals surface area contributed by atoms with E-state index in [9.17, 15) is 4.79 Å². The molecule has 0 saturated carbocycles. The quantitative estimate of drug-likeness (QED) is 0.702. The SMILES string of the molecule is O=C([Se])c1cccc2ncccc12. The van der Waals surface area contributed by atoms with Gasteiger partial charge in [-0.05, 0) is 0 Å². The molecule has 0 amide bonds. The molecule has 1 radical (unpaired) electrons. The van der Waals surface area contributed by atoms with Gasteiger partial charge >= 0.3 is 83.5 Å². The Labute approximate surface area is 83.8 Å². The molecule has 13 heavy (non-hydrogen) atoms. The summed E-state index contributed by atoms with van der Waals surface area (Å²) < 4.78 is -0.0430. The molecular weight excluding hydrogens is 229 g/mol. The van der Waals surface area contributed by atoms with Gasteiger partial charge in [0.15, 0.2) is 0 Å². The minimum absolute atomic E-state index is 0.0430. The zero-order valence-corrected chi connectivity index (χ0v) is 8.44. The molecule has 0 aliphatic heterocycles. The predicted molar refractivity (Wildman–Crippen MR) is 51.8 cm³/mol. The second-order valence-electron chi connectivity index (χ2n) is 2.66. The van der Waals surface area contributed by atoms with Gasteiger partial charge in [-0.2, -0.15) is 0 Å². The topological polar surface area (TPSA) is 30.0 Å². The van der Waals surface area contributed by atoms with E-state index in [0.717, 1.165) is 10.9 Å². The van der Waals surface area contributed by atoms with Crippen molar-refractivity contribution < 1.29 is 4.79 Å². The number of pyridine rings is 1. The average Bonchev–Trinajstić information content (AvgIpc) is 2.17. The van der Waals surface area contributed by atoms with Crippen LogP contribution in [0.5, 0.6) is 0 Å². The van der Waals surface area contributed by atoms with Crippen molar-refractivity contribution in [3.63, 3.8) is 0 Å². The molecule has 0 aliphatic rings. The second kappa shape index (κ2) is 3.29. The maximum absolute atomic E-state index is 11.2. The Kier molecular flexibility index (Phi) is 2.13. The summed E-state index contributed by atoms with van der Waals surface area (Å²) in [6.45, 7) is 0. The van der Waals surface area contributed by atoms with Gasteiger partial charge in [0.25, 0.3) is 0 Å². The molecule has 0 fully saturated rings. The van der Waals surface area contributed by atoms with E-state index in [1.54, 1.807) is 12.3 Å². The molecule has 0 N–H and O–H groups in total. The Hall–Kier alpha value is -1.18.